The highest BCUT2D eigenvalue weighted by molar-refractivity contribution is 5.88. The van der Waals surface area contributed by atoms with E-state index in [-0.39, 0.29) is 5.91 Å². The van der Waals surface area contributed by atoms with E-state index in [0.717, 1.165) is 30.3 Å². The van der Waals surface area contributed by atoms with Crippen molar-refractivity contribution in [3.05, 3.63) is 30.1 Å². The minimum absolute atomic E-state index is 0.0218. The third-order valence-electron chi connectivity index (χ3n) is 3.73. The number of hydrogen-bond donors (Lipinski definition) is 2. The molecule has 2 aromatic rings. The molecule has 3 N–H and O–H groups in total. The van der Waals surface area contributed by atoms with Gasteiger partial charge in [0.25, 0.3) is 0 Å². The zero-order valence-electron chi connectivity index (χ0n) is 11.0. The van der Waals surface area contributed by atoms with E-state index < -0.39 is 5.54 Å². The van der Waals surface area contributed by atoms with Crippen LogP contribution in [0, 0.1) is 0 Å². The van der Waals surface area contributed by atoms with Crippen LogP contribution in [0.3, 0.4) is 0 Å². The molecule has 19 heavy (non-hydrogen) atoms. The molecule has 0 spiro atoms. The van der Waals surface area contributed by atoms with Crippen molar-refractivity contribution < 1.29 is 4.79 Å². The molecule has 0 aliphatic heterocycles. The Labute approximate surface area is 111 Å². The molecule has 1 aliphatic carbocycles. The van der Waals surface area contributed by atoms with E-state index in [1.165, 1.54) is 5.56 Å². The van der Waals surface area contributed by atoms with Gasteiger partial charge in [-0.3, -0.25) is 4.79 Å². The molecule has 1 aromatic carbocycles. The topological polar surface area (TPSA) is 72.9 Å². The molecule has 3 rings (SSSR count). The number of carbonyl (C=O) groups excluding carboxylic acids is 1. The number of aryl methyl sites for hydroxylation is 1. The monoisotopic (exact) mass is 258 g/mol. The molecule has 0 radical (unpaired) electrons. The fourth-order valence-corrected chi connectivity index (χ4v) is 2.20. The van der Waals surface area contributed by atoms with Gasteiger partial charge in [-0.2, -0.15) is 0 Å². The summed E-state index contributed by atoms with van der Waals surface area (Å²) in [5.41, 5.74) is 8.52. The van der Waals surface area contributed by atoms with Crippen molar-refractivity contribution >= 4 is 16.9 Å². The second kappa shape index (κ2) is 4.35. The predicted molar refractivity (Wildman–Crippen MR) is 73.6 cm³/mol. The van der Waals surface area contributed by atoms with Gasteiger partial charge >= 0.3 is 0 Å². The number of benzene rings is 1. The Bertz CT molecular complexity index is 627. The number of aromatic nitrogens is 2. The molecule has 1 aromatic heterocycles. The van der Waals surface area contributed by atoms with Crippen LogP contribution in [-0.4, -0.2) is 27.5 Å². The summed E-state index contributed by atoms with van der Waals surface area (Å²) in [5, 5.41) is 2.90. The summed E-state index contributed by atoms with van der Waals surface area (Å²) in [6, 6.07) is 6.20. The summed E-state index contributed by atoms with van der Waals surface area (Å²) < 4.78 is 1.99. The van der Waals surface area contributed by atoms with Gasteiger partial charge in [-0.1, -0.05) is 6.07 Å². The number of amides is 1. The molecular weight excluding hydrogens is 240 g/mol. The van der Waals surface area contributed by atoms with E-state index in [0.29, 0.717) is 6.54 Å². The van der Waals surface area contributed by atoms with Crippen LogP contribution in [0.25, 0.3) is 11.0 Å². The Morgan fingerprint density at radius 3 is 3.05 bits per heavy atom. The third-order valence-corrected chi connectivity index (χ3v) is 3.73. The second-order valence-electron chi connectivity index (χ2n) is 5.34. The first kappa shape index (κ1) is 12.2. The maximum Gasteiger partial charge on any atom is 0.240 e. The first-order chi connectivity index (χ1) is 9.08. The van der Waals surface area contributed by atoms with Crippen molar-refractivity contribution in [1.82, 2.24) is 14.9 Å². The zero-order valence-corrected chi connectivity index (χ0v) is 11.0. The van der Waals surface area contributed by atoms with E-state index in [1.807, 2.05) is 17.9 Å². The number of imidazole rings is 1. The van der Waals surface area contributed by atoms with Crippen LogP contribution in [0.1, 0.15) is 18.4 Å². The lowest BCUT2D eigenvalue weighted by molar-refractivity contribution is -0.123. The Morgan fingerprint density at radius 1 is 1.53 bits per heavy atom. The van der Waals surface area contributed by atoms with Crippen molar-refractivity contribution in [2.24, 2.45) is 12.8 Å². The smallest absolute Gasteiger partial charge is 0.240 e. The summed E-state index contributed by atoms with van der Waals surface area (Å²) in [5.74, 6) is -0.0218. The SMILES string of the molecule is Cn1cnc2cc(CCNC(=O)C3(N)CC3)ccc21. The average molecular weight is 258 g/mol. The standard InChI is InChI=1S/C14H18N4O/c1-18-9-17-11-8-10(2-3-12(11)18)4-7-16-13(19)14(15)5-6-14/h2-3,8-9H,4-7,15H2,1H3,(H,16,19). The lowest BCUT2D eigenvalue weighted by Gasteiger charge is -2.09. The molecule has 5 heteroatoms. The van der Waals surface area contributed by atoms with Crippen molar-refractivity contribution in [3.63, 3.8) is 0 Å². The summed E-state index contributed by atoms with van der Waals surface area (Å²) in [4.78, 5) is 16.0. The van der Waals surface area contributed by atoms with Crippen LogP contribution in [0.2, 0.25) is 0 Å². The van der Waals surface area contributed by atoms with E-state index in [9.17, 15) is 4.79 Å². The van der Waals surface area contributed by atoms with Crippen LogP contribution in [-0.2, 0) is 18.3 Å². The van der Waals surface area contributed by atoms with Gasteiger partial charge in [-0.05, 0) is 37.0 Å². The van der Waals surface area contributed by atoms with E-state index in [2.05, 4.69) is 28.5 Å². The van der Waals surface area contributed by atoms with Crippen molar-refractivity contribution in [3.8, 4) is 0 Å². The van der Waals surface area contributed by atoms with Gasteiger partial charge in [-0.25, -0.2) is 4.98 Å². The molecule has 5 nitrogen and oxygen atoms in total. The summed E-state index contributed by atoms with van der Waals surface area (Å²) in [6.45, 7) is 0.621. The van der Waals surface area contributed by atoms with Gasteiger partial charge in [0.05, 0.1) is 22.9 Å². The number of hydrogen-bond acceptors (Lipinski definition) is 3. The summed E-state index contributed by atoms with van der Waals surface area (Å²) in [6.07, 6.45) is 4.22. The van der Waals surface area contributed by atoms with Gasteiger partial charge in [0.15, 0.2) is 0 Å². The quantitative estimate of drug-likeness (QED) is 0.849. The van der Waals surface area contributed by atoms with Crippen LogP contribution >= 0.6 is 0 Å². The highest BCUT2D eigenvalue weighted by Crippen LogP contribution is 2.31. The van der Waals surface area contributed by atoms with Gasteiger partial charge in [0.2, 0.25) is 5.91 Å². The number of nitrogens with zero attached hydrogens (tertiary/aromatic N) is 2. The molecular formula is C14H18N4O. The maximum absolute atomic E-state index is 11.7. The van der Waals surface area contributed by atoms with E-state index in [1.54, 1.807) is 0 Å². The van der Waals surface area contributed by atoms with E-state index in [4.69, 9.17) is 5.73 Å². The van der Waals surface area contributed by atoms with Gasteiger partial charge < -0.3 is 15.6 Å². The van der Waals surface area contributed by atoms with Crippen LogP contribution in [0.4, 0.5) is 0 Å². The zero-order chi connectivity index (χ0) is 13.5. The molecule has 0 saturated heterocycles. The second-order valence-corrected chi connectivity index (χ2v) is 5.34. The predicted octanol–water partition coefficient (Wildman–Crippen LogP) is 0.723. The lowest BCUT2D eigenvalue weighted by atomic mass is 10.1. The Hall–Kier alpha value is -1.88. The first-order valence-electron chi connectivity index (χ1n) is 6.56. The summed E-state index contributed by atoms with van der Waals surface area (Å²) in [7, 11) is 1.98. The highest BCUT2D eigenvalue weighted by Gasteiger charge is 2.45. The van der Waals surface area contributed by atoms with Gasteiger partial charge in [0.1, 0.15) is 0 Å². The van der Waals surface area contributed by atoms with Gasteiger partial charge in [-0.15, -0.1) is 0 Å². The molecule has 1 fully saturated rings. The first-order valence-corrected chi connectivity index (χ1v) is 6.56. The molecule has 0 atom stereocenters. The molecule has 1 heterocycles. The lowest BCUT2D eigenvalue weighted by Crippen LogP contribution is -2.43. The third kappa shape index (κ3) is 2.33. The molecule has 0 bridgehead atoms. The minimum atomic E-state index is -0.578. The Morgan fingerprint density at radius 2 is 2.32 bits per heavy atom. The molecule has 1 saturated carbocycles. The minimum Gasteiger partial charge on any atom is -0.354 e. The Balaban J connectivity index is 1.60. The average Bonchev–Trinajstić information content (AvgIpc) is 3.05. The van der Waals surface area contributed by atoms with Crippen molar-refractivity contribution in [2.75, 3.05) is 6.54 Å². The molecule has 100 valence electrons. The molecule has 0 unspecified atom stereocenters. The summed E-state index contributed by atoms with van der Waals surface area (Å²) >= 11 is 0. The fourth-order valence-electron chi connectivity index (χ4n) is 2.20. The number of nitrogens with one attached hydrogen (secondary N) is 1. The maximum atomic E-state index is 11.7. The normalized spacial score (nSPS) is 16.5. The largest absolute Gasteiger partial charge is 0.354 e. The van der Waals surface area contributed by atoms with Crippen LogP contribution in [0.5, 0.6) is 0 Å². The molecule has 1 aliphatic rings. The van der Waals surface area contributed by atoms with Crippen LogP contribution < -0.4 is 11.1 Å². The number of fused-ring (bicyclic) bond motifs is 1. The number of carbonyl (C=O) groups is 1. The molecule has 1 amide bonds. The number of nitrogens with two attached hydrogens (primary N) is 1. The van der Waals surface area contributed by atoms with Crippen LogP contribution in [0.15, 0.2) is 24.5 Å². The fraction of sp³-hybridized carbons (Fsp3) is 0.429. The van der Waals surface area contributed by atoms with Gasteiger partial charge in [0, 0.05) is 13.6 Å². The Kier molecular flexibility index (Phi) is 2.78. The van der Waals surface area contributed by atoms with E-state index >= 15 is 0 Å². The number of rotatable bonds is 4. The van der Waals surface area contributed by atoms with Crippen molar-refractivity contribution in [2.45, 2.75) is 24.8 Å². The highest BCUT2D eigenvalue weighted by atomic mass is 16.2. The van der Waals surface area contributed by atoms with Crippen molar-refractivity contribution in [1.29, 1.82) is 0 Å².